The Bertz CT molecular complexity index is 1330. The van der Waals surface area contributed by atoms with E-state index >= 15 is 0 Å². The lowest BCUT2D eigenvalue weighted by atomic mass is 10.1. The van der Waals surface area contributed by atoms with Crippen LogP contribution in [0.3, 0.4) is 0 Å². The minimum absolute atomic E-state index is 0.00322. The van der Waals surface area contributed by atoms with Crippen LogP contribution in [0, 0.1) is 5.92 Å². The molecule has 5 rings (SSSR count). The predicted octanol–water partition coefficient (Wildman–Crippen LogP) is 4.24. The number of amides is 1. The molecule has 0 saturated heterocycles. The van der Waals surface area contributed by atoms with Gasteiger partial charge in [-0.3, -0.25) is 4.79 Å². The van der Waals surface area contributed by atoms with Gasteiger partial charge in [-0.25, -0.2) is 15.0 Å². The monoisotopic (exact) mass is 447 g/mol. The number of benzene rings is 1. The van der Waals surface area contributed by atoms with Crippen LogP contribution in [-0.2, 0) is 9.53 Å². The van der Waals surface area contributed by atoms with Crippen LogP contribution < -0.4 is 15.4 Å². The Morgan fingerprint density at radius 1 is 1.21 bits per heavy atom. The molecule has 170 valence electrons. The number of hydrogen-bond acceptors (Lipinski definition) is 8. The lowest BCUT2D eigenvalue weighted by Gasteiger charge is -2.10. The quantitative estimate of drug-likeness (QED) is 0.413. The number of rotatable bonds is 8. The lowest BCUT2D eigenvalue weighted by molar-refractivity contribution is -0.117. The van der Waals surface area contributed by atoms with Crippen molar-refractivity contribution in [2.24, 2.45) is 5.92 Å². The van der Waals surface area contributed by atoms with Crippen molar-refractivity contribution in [3.8, 4) is 17.2 Å². The topological polar surface area (TPSA) is 111 Å². The highest BCUT2D eigenvalue weighted by atomic mass is 16.5. The van der Waals surface area contributed by atoms with Crippen LogP contribution in [0.5, 0.6) is 5.75 Å². The van der Waals surface area contributed by atoms with Gasteiger partial charge in [-0.2, -0.15) is 0 Å². The van der Waals surface area contributed by atoms with Crippen molar-refractivity contribution in [1.82, 2.24) is 15.0 Å². The van der Waals surface area contributed by atoms with Gasteiger partial charge in [0.25, 0.3) is 0 Å². The molecule has 9 nitrogen and oxygen atoms in total. The first kappa shape index (κ1) is 21.1. The van der Waals surface area contributed by atoms with Crippen molar-refractivity contribution in [2.75, 3.05) is 31.4 Å². The Balaban J connectivity index is 1.52. The summed E-state index contributed by atoms with van der Waals surface area (Å²) in [5.74, 6) is 2.39. The summed E-state index contributed by atoms with van der Waals surface area (Å²) in [6.07, 6.45) is 5.25. The zero-order valence-corrected chi connectivity index (χ0v) is 18.7. The summed E-state index contributed by atoms with van der Waals surface area (Å²) in [7, 11) is 3.45. The summed E-state index contributed by atoms with van der Waals surface area (Å²) >= 11 is 0. The van der Waals surface area contributed by atoms with E-state index < -0.39 is 0 Å². The van der Waals surface area contributed by atoms with Crippen molar-refractivity contribution < 1.29 is 18.7 Å². The molecule has 3 aromatic heterocycles. The number of nitrogens with zero attached hydrogens (tertiary/aromatic N) is 3. The van der Waals surface area contributed by atoms with E-state index in [0.717, 1.165) is 23.6 Å². The van der Waals surface area contributed by atoms with E-state index in [0.29, 0.717) is 46.5 Å². The normalized spacial score (nSPS) is 14.4. The number of fused-ring (bicyclic) bond motifs is 2. The third-order valence-corrected chi connectivity index (χ3v) is 5.68. The molecule has 1 aliphatic carbocycles. The highest BCUT2D eigenvalue weighted by Crippen LogP contribution is 2.35. The molecule has 2 N–H and O–H groups in total. The van der Waals surface area contributed by atoms with Gasteiger partial charge in [0.1, 0.15) is 29.5 Å². The molecule has 1 amide bonds. The maximum Gasteiger partial charge on any atom is 0.229 e. The van der Waals surface area contributed by atoms with Gasteiger partial charge in [-0.1, -0.05) is 0 Å². The zero-order chi connectivity index (χ0) is 22.9. The van der Waals surface area contributed by atoms with Gasteiger partial charge in [-0.05, 0) is 38.0 Å². The van der Waals surface area contributed by atoms with Crippen molar-refractivity contribution in [3.63, 3.8) is 0 Å². The highest BCUT2D eigenvalue weighted by molar-refractivity contribution is 6.03. The Morgan fingerprint density at radius 3 is 2.82 bits per heavy atom. The molecule has 0 radical (unpaired) electrons. The number of anilines is 2. The summed E-state index contributed by atoms with van der Waals surface area (Å²) in [5, 5.41) is 7.62. The standard InChI is InChI=1S/C24H25N5O4/c1-13(31-3)12-32-15-6-7-20-19(8-15)28-24(33-20)18-11-27-22(25-2)17-10-26-21(9-16(17)18)29-23(30)14-4-5-14/h6-11,13-14H,4-5,12H2,1-3H3,(H,25,27)(H,26,29,30). The average molecular weight is 447 g/mol. The molecule has 1 fully saturated rings. The SMILES string of the molecule is CNc1ncc(-c2nc3cc(OCC(C)OC)ccc3o2)c2cc(NC(=O)C3CC3)ncc12. The van der Waals surface area contributed by atoms with Gasteiger partial charge in [-0.15, -0.1) is 0 Å². The van der Waals surface area contributed by atoms with Crippen LogP contribution in [0.15, 0.2) is 41.1 Å². The number of carbonyl (C=O) groups excluding carboxylic acids is 1. The minimum Gasteiger partial charge on any atom is -0.491 e. The third-order valence-electron chi connectivity index (χ3n) is 5.68. The Morgan fingerprint density at radius 2 is 2.06 bits per heavy atom. The molecule has 1 atom stereocenters. The number of carbonyl (C=O) groups is 1. The third kappa shape index (κ3) is 4.31. The number of hydrogen-bond donors (Lipinski definition) is 2. The van der Waals surface area contributed by atoms with Crippen LogP contribution in [0.2, 0.25) is 0 Å². The summed E-state index contributed by atoms with van der Waals surface area (Å²) in [6, 6.07) is 7.35. The summed E-state index contributed by atoms with van der Waals surface area (Å²) in [6.45, 7) is 2.38. The van der Waals surface area contributed by atoms with Crippen LogP contribution in [0.25, 0.3) is 33.3 Å². The summed E-state index contributed by atoms with van der Waals surface area (Å²) < 4.78 is 17.1. The second-order valence-electron chi connectivity index (χ2n) is 8.16. The molecule has 9 heteroatoms. The van der Waals surface area contributed by atoms with Crippen molar-refractivity contribution in [1.29, 1.82) is 0 Å². The fourth-order valence-electron chi connectivity index (χ4n) is 3.54. The smallest absolute Gasteiger partial charge is 0.229 e. The Kier molecular flexibility index (Phi) is 5.55. The van der Waals surface area contributed by atoms with E-state index in [2.05, 4.69) is 25.6 Å². The van der Waals surface area contributed by atoms with Crippen LogP contribution in [0.1, 0.15) is 19.8 Å². The molecule has 0 spiro atoms. The number of ether oxygens (including phenoxy) is 2. The molecule has 4 aromatic rings. The van der Waals surface area contributed by atoms with Crippen molar-refractivity contribution in [3.05, 3.63) is 36.7 Å². The molecular formula is C24H25N5O4. The average Bonchev–Trinajstić information content (AvgIpc) is 3.61. The van der Waals surface area contributed by atoms with Crippen LogP contribution in [-0.4, -0.2) is 47.7 Å². The first-order chi connectivity index (χ1) is 16.1. The number of oxazole rings is 1. The molecule has 1 aromatic carbocycles. The molecule has 1 unspecified atom stereocenters. The molecule has 33 heavy (non-hydrogen) atoms. The van der Waals surface area contributed by atoms with Crippen LogP contribution >= 0.6 is 0 Å². The Labute approximate surface area is 190 Å². The maximum atomic E-state index is 12.2. The largest absolute Gasteiger partial charge is 0.491 e. The molecule has 0 bridgehead atoms. The van der Waals surface area contributed by atoms with E-state index in [9.17, 15) is 4.79 Å². The molecule has 0 aliphatic heterocycles. The first-order valence-corrected chi connectivity index (χ1v) is 10.9. The van der Waals surface area contributed by atoms with Crippen molar-refractivity contribution >= 4 is 39.4 Å². The molecule has 3 heterocycles. The predicted molar refractivity (Wildman–Crippen MR) is 125 cm³/mol. The number of methoxy groups -OCH3 is 1. The van der Waals surface area contributed by atoms with Crippen LogP contribution in [0.4, 0.5) is 11.6 Å². The van der Waals surface area contributed by atoms with Gasteiger partial charge < -0.3 is 24.5 Å². The van der Waals surface area contributed by atoms with E-state index in [-0.39, 0.29) is 17.9 Å². The number of nitrogens with one attached hydrogen (secondary N) is 2. The van der Waals surface area contributed by atoms with Crippen molar-refractivity contribution in [2.45, 2.75) is 25.9 Å². The molecular weight excluding hydrogens is 422 g/mol. The van der Waals surface area contributed by atoms with E-state index in [4.69, 9.17) is 13.9 Å². The molecule has 1 saturated carbocycles. The zero-order valence-electron chi connectivity index (χ0n) is 18.7. The van der Waals surface area contributed by atoms with E-state index in [1.54, 1.807) is 26.6 Å². The second-order valence-corrected chi connectivity index (χ2v) is 8.16. The van der Waals surface area contributed by atoms with E-state index in [1.807, 2.05) is 31.2 Å². The van der Waals surface area contributed by atoms with Gasteiger partial charge in [0.05, 0.1) is 11.7 Å². The lowest BCUT2D eigenvalue weighted by Crippen LogP contribution is -2.15. The van der Waals surface area contributed by atoms with Gasteiger partial charge >= 0.3 is 0 Å². The van der Waals surface area contributed by atoms with Gasteiger partial charge in [0.2, 0.25) is 11.8 Å². The summed E-state index contributed by atoms with van der Waals surface area (Å²) in [4.78, 5) is 25.8. The van der Waals surface area contributed by atoms with E-state index in [1.165, 1.54) is 0 Å². The van der Waals surface area contributed by atoms with Gasteiger partial charge in [0.15, 0.2) is 5.58 Å². The minimum atomic E-state index is -0.0140. The maximum absolute atomic E-state index is 12.2. The summed E-state index contributed by atoms with van der Waals surface area (Å²) in [5.41, 5.74) is 2.02. The Hall–Kier alpha value is -3.72. The number of aromatic nitrogens is 3. The second kappa shape index (κ2) is 8.67. The number of pyridine rings is 2. The molecule has 1 aliphatic rings. The fourth-order valence-corrected chi connectivity index (χ4v) is 3.54. The fraction of sp³-hybridized carbons (Fsp3) is 0.333. The highest BCUT2D eigenvalue weighted by Gasteiger charge is 2.30. The van der Waals surface area contributed by atoms with Gasteiger partial charge in [0, 0.05) is 49.3 Å². The first-order valence-electron chi connectivity index (χ1n) is 10.9.